The summed E-state index contributed by atoms with van der Waals surface area (Å²) in [5.74, 6) is -0.571. The number of hydrogen-bond acceptors (Lipinski definition) is 3. The molecule has 0 bridgehead atoms. The number of nitrogens with two attached hydrogens (primary N) is 1. The van der Waals surface area contributed by atoms with Gasteiger partial charge in [-0.1, -0.05) is 13.3 Å². The number of nitro groups is 1. The molecule has 0 amide bonds. The molecule has 0 saturated heterocycles. The van der Waals surface area contributed by atoms with Crippen LogP contribution in [0.4, 0.5) is 10.1 Å². The topological polar surface area (TPSA) is 69.2 Å². The van der Waals surface area contributed by atoms with E-state index in [1.54, 1.807) is 0 Å². The SMILES string of the molecule is CCCC(N)CCc1cc(F)cc([N+](=O)[O-])c1. The maximum absolute atomic E-state index is 13.1. The van der Waals surface area contributed by atoms with E-state index in [4.69, 9.17) is 5.73 Å². The van der Waals surface area contributed by atoms with Crippen molar-refractivity contribution in [1.29, 1.82) is 0 Å². The predicted octanol–water partition coefficient (Wildman–Crippen LogP) is 2.79. The van der Waals surface area contributed by atoms with Crippen molar-refractivity contribution in [2.24, 2.45) is 5.73 Å². The molecule has 1 aromatic carbocycles. The Morgan fingerprint density at radius 3 is 2.71 bits per heavy atom. The number of hydrogen-bond donors (Lipinski definition) is 1. The van der Waals surface area contributed by atoms with E-state index in [-0.39, 0.29) is 11.7 Å². The molecule has 1 unspecified atom stereocenters. The van der Waals surface area contributed by atoms with Crippen LogP contribution in [0.5, 0.6) is 0 Å². The Hall–Kier alpha value is -1.49. The molecular weight excluding hydrogens is 223 g/mol. The first-order chi connectivity index (χ1) is 8.02. The Labute approximate surface area is 99.8 Å². The highest BCUT2D eigenvalue weighted by Crippen LogP contribution is 2.18. The molecule has 1 aromatic rings. The van der Waals surface area contributed by atoms with Gasteiger partial charge < -0.3 is 5.73 Å². The lowest BCUT2D eigenvalue weighted by molar-refractivity contribution is -0.385. The molecule has 1 atom stereocenters. The van der Waals surface area contributed by atoms with Gasteiger partial charge >= 0.3 is 0 Å². The number of non-ortho nitro benzene ring substituents is 1. The van der Waals surface area contributed by atoms with Crippen LogP contribution in [0.1, 0.15) is 31.7 Å². The average Bonchev–Trinajstić information content (AvgIpc) is 2.26. The van der Waals surface area contributed by atoms with Crippen molar-refractivity contribution in [2.45, 2.75) is 38.6 Å². The van der Waals surface area contributed by atoms with Crippen molar-refractivity contribution < 1.29 is 9.31 Å². The minimum absolute atomic E-state index is 0.0716. The largest absolute Gasteiger partial charge is 0.328 e. The normalized spacial score (nSPS) is 12.4. The summed E-state index contributed by atoms with van der Waals surface area (Å²) in [5, 5.41) is 10.6. The fourth-order valence-corrected chi connectivity index (χ4v) is 1.75. The van der Waals surface area contributed by atoms with Gasteiger partial charge in [-0.15, -0.1) is 0 Å². The van der Waals surface area contributed by atoms with Crippen LogP contribution in [-0.4, -0.2) is 11.0 Å². The van der Waals surface area contributed by atoms with Gasteiger partial charge in [0.25, 0.3) is 5.69 Å². The number of rotatable bonds is 6. The zero-order valence-electron chi connectivity index (χ0n) is 9.86. The van der Waals surface area contributed by atoms with Crippen molar-refractivity contribution in [1.82, 2.24) is 0 Å². The molecule has 0 spiro atoms. The maximum atomic E-state index is 13.1. The Balaban J connectivity index is 2.68. The highest BCUT2D eigenvalue weighted by molar-refractivity contribution is 5.35. The fourth-order valence-electron chi connectivity index (χ4n) is 1.75. The van der Waals surface area contributed by atoms with E-state index in [9.17, 15) is 14.5 Å². The highest BCUT2D eigenvalue weighted by atomic mass is 19.1. The van der Waals surface area contributed by atoms with Gasteiger partial charge in [-0.05, 0) is 30.9 Å². The van der Waals surface area contributed by atoms with Gasteiger partial charge in [0.2, 0.25) is 0 Å². The summed E-state index contributed by atoms with van der Waals surface area (Å²) in [6, 6.07) is 3.73. The first-order valence-corrected chi connectivity index (χ1v) is 5.72. The maximum Gasteiger partial charge on any atom is 0.272 e. The molecule has 0 fully saturated rings. The molecule has 0 radical (unpaired) electrons. The van der Waals surface area contributed by atoms with Crippen LogP contribution in [0.2, 0.25) is 0 Å². The number of benzene rings is 1. The average molecular weight is 240 g/mol. The fraction of sp³-hybridized carbons (Fsp3) is 0.500. The third kappa shape index (κ3) is 4.48. The van der Waals surface area contributed by atoms with E-state index in [0.29, 0.717) is 18.4 Å². The van der Waals surface area contributed by atoms with Crippen LogP contribution in [0.25, 0.3) is 0 Å². The van der Waals surface area contributed by atoms with Crippen LogP contribution in [0.3, 0.4) is 0 Å². The van der Waals surface area contributed by atoms with Gasteiger partial charge in [-0.3, -0.25) is 10.1 Å². The molecule has 0 saturated carbocycles. The first kappa shape index (κ1) is 13.6. The Kier molecular flexibility index (Phi) is 5.03. The molecule has 0 aliphatic carbocycles. The van der Waals surface area contributed by atoms with Crippen molar-refractivity contribution >= 4 is 5.69 Å². The second-order valence-electron chi connectivity index (χ2n) is 4.16. The summed E-state index contributed by atoms with van der Waals surface area (Å²) < 4.78 is 13.1. The standard InChI is InChI=1S/C12H17FN2O2/c1-2-3-11(14)5-4-9-6-10(13)8-12(7-9)15(16)17/h6-8,11H,2-5,14H2,1H3. The number of halogens is 1. The van der Waals surface area contributed by atoms with Crippen LogP contribution in [0.15, 0.2) is 18.2 Å². The van der Waals surface area contributed by atoms with Crippen molar-refractivity contribution in [3.05, 3.63) is 39.7 Å². The molecule has 0 aromatic heterocycles. The quantitative estimate of drug-likeness (QED) is 0.614. The molecule has 17 heavy (non-hydrogen) atoms. The van der Waals surface area contributed by atoms with E-state index < -0.39 is 10.7 Å². The van der Waals surface area contributed by atoms with Gasteiger partial charge in [-0.2, -0.15) is 0 Å². The molecule has 0 aliphatic rings. The third-order valence-electron chi connectivity index (χ3n) is 2.62. The molecule has 94 valence electrons. The van der Waals surface area contributed by atoms with Crippen LogP contribution < -0.4 is 5.73 Å². The van der Waals surface area contributed by atoms with Gasteiger partial charge in [0.1, 0.15) is 5.82 Å². The minimum Gasteiger partial charge on any atom is -0.328 e. The number of nitro benzene ring substituents is 1. The Morgan fingerprint density at radius 2 is 2.12 bits per heavy atom. The molecule has 0 heterocycles. The van der Waals surface area contributed by atoms with E-state index in [2.05, 4.69) is 0 Å². The van der Waals surface area contributed by atoms with Gasteiger partial charge in [-0.25, -0.2) is 4.39 Å². The highest BCUT2D eigenvalue weighted by Gasteiger charge is 2.10. The lowest BCUT2D eigenvalue weighted by Crippen LogP contribution is -2.20. The summed E-state index contributed by atoms with van der Waals surface area (Å²) in [4.78, 5) is 9.98. The Bertz CT molecular complexity index is 396. The molecule has 0 aliphatic heterocycles. The van der Waals surface area contributed by atoms with Crippen LogP contribution in [-0.2, 0) is 6.42 Å². The van der Waals surface area contributed by atoms with Crippen molar-refractivity contribution in [2.75, 3.05) is 0 Å². The minimum atomic E-state index is -0.585. The number of aryl methyl sites for hydroxylation is 1. The summed E-state index contributed by atoms with van der Waals surface area (Å²) >= 11 is 0. The second-order valence-corrected chi connectivity index (χ2v) is 4.16. The van der Waals surface area contributed by atoms with Gasteiger partial charge in [0.05, 0.1) is 11.0 Å². The Morgan fingerprint density at radius 1 is 1.41 bits per heavy atom. The molecular formula is C12H17FN2O2. The first-order valence-electron chi connectivity index (χ1n) is 5.72. The lowest BCUT2D eigenvalue weighted by Gasteiger charge is -2.09. The summed E-state index contributed by atoms with van der Waals surface area (Å²) in [6.07, 6.45) is 3.20. The van der Waals surface area contributed by atoms with Gasteiger partial charge in [0, 0.05) is 12.1 Å². The lowest BCUT2D eigenvalue weighted by atomic mass is 10.0. The van der Waals surface area contributed by atoms with E-state index in [1.807, 2.05) is 6.92 Å². The van der Waals surface area contributed by atoms with Crippen LogP contribution >= 0.6 is 0 Å². The molecule has 4 nitrogen and oxygen atoms in total. The van der Waals surface area contributed by atoms with Gasteiger partial charge in [0.15, 0.2) is 0 Å². The third-order valence-corrected chi connectivity index (χ3v) is 2.62. The van der Waals surface area contributed by atoms with Crippen LogP contribution in [0, 0.1) is 15.9 Å². The molecule has 5 heteroatoms. The zero-order chi connectivity index (χ0) is 12.8. The molecule has 2 N–H and O–H groups in total. The summed E-state index contributed by atoms with van der Waals surface area (Å²) in [5.41, 5.74) is 6.26. The monoisotopic (exact) mass is 240 g/mol. The van der Waals surface area contributed by atoms with E-state index >= 15 is 0 Å². The molecule has 1 rings (SSSR count). The van der Waals surface area contributed by atoms with Crippen molar-refractivity contribution in [3.8, 4) is 0 Å². The summed E-state index contributed by atoms with van der Waals surface area (Å²) in [7, 11) is 0. The second kappa shape index (κ2) is 6.30. The van der Waals surface area contributed by atoms with E-state index in [1.165, 1.54) is 12.1 Å². The smallest absolute Gasteiger partial charge is 0.272 e. The van der Waals surface area contributed by atoms with E-state index in [0.717, 1.165) is 18.9 Å². The zero-order valence-corrected chi connectivity index (χ0v) is 9.86. The van der Waals surface area contributed by atoms with Crippen molar-refractivity contribution in [3.63, 3.8) is 0 Å². The predicted molar refractivity (Wildman–Crippen MR) is 64.3 cm³/mol. The summed E-state index contributed by atoms with van der Waals surface area (Å²) in [6.45, 7) is 2.05. The number of nitrogens with zero attached hydrogens (tertiary/aromatic N) is 1.